The molecule has 3 aromatic rings. The number of rotatable bonds is 6. The van der Waals surface area contributed by atoms with E-state index in [1.807, 2.05) is 60.7 Å². The molecule has 10 heteroatoms. The largest absolute Gasteiger partial charge is 0.444 e. The number of benzene rings is 2. The maximum atomic E-state index is 13.6. The first-order chi connectivity index (χ1) is 16.8. The first-order valence-electron chi connectivity index (χ1n) is 11.1. The monoisotopic (exact) mass is 474 g/mol. The average Bonchev–Trinajstić information content (AvgIpc) is 3.22. The molecule has 2 aromatic carbocycles. The summed E-state index contributed by atoms with van der Waals surface area (Å²) in [5, 5.41) is 10.4. The lowest BCUT2D eigenvalue weighted by atomic mass is 9.97. The summed E-state index contributed by atoms with van der Waals surface area (Å²) >= 11 is 0. The number of ether oxygens (including phenoxy) is 1. The summed E-state index contributed by atoms with van der Waals surface area (Å²) in [5.74, 6) is -0.508. The molecule has 10 nitrogen and oxygen atoms in total. The summed E-state index contributed by atoms with van der Waals surface area (Å²) in [6.07, 6.45) is 1.14. The predicted molar refractivity (Wildman–Crippen MR) is 130 cm³/mol. The van der Waals surface area contributed by atoms with Crippen LogP contribution in [0, 0.1) is 5.41 Å². The number of aromatic nitrogens is 2. The Morgan fingerprint density at radius 3 is 2.40 bits per heavy atom. The average molecular weight is 475 g/mol. The molecule has 0 fully saturated rings. The van der Waals surface area contributed by atoms with Gasteiger partial charge in [-0.25, -0.2) is 9.78 Å². The molecule has 0 saturated heterocycles. The normalized spacial score (nSPS) is 16.3. The number of amides is 2. The van der Waals surface area contributed by atoms with Crippen LogP contribution in [-0.2, 0) is 34.6 Å². The molecule has 1 unspecified atom stereocenters. The molecule has 0 spiro atoms. The molecule has 0 aliphatic carbocycles. The number of hydrogen-bond acceptors (Lipinski definition) is 6. The lowest BCUT2D eigenvalue weighted by molar-refractivity contribution is -0.136. The van der Waals surface area contributed by atoms with Crippen molar-refractivity contribution < 1.29 is 14.3 Å². The van der Waals surface area contributed by atoms with Gasteiger partial charge in [0.05, 0.1) is 12.7 Å². The van der Waals surface area contributed by atoms with Crippen molar-refractivity contribution in [3.63, 3.8) is 0 Å². The highest BCUT2D eigenvalue weighted by atomic mass is 16.5. The van der Waals surface area contributed by atoms with Gasteiger partial charge >= 0.3 is 6.09 Å². The fourth-order valence-electron chi connectivity index (χ4n) is 4.12. The summed E-state index contributed by atoms with van der Waals surface area (Å²) in [7, 11) is 0. The summed E-state index contributed by atoms with van der Waals surface area (Å²) in [4.78, 5) is 44.7. The SMILES string of the molecule is CC1(C(=O)N(Cc2ccccc2)C(=N)N)CCc2ncc(NC(=O)OCc3ccccc3)c(=O)n21. The highest BCUT2D eigenvalue weighted by Crippen LogP contribution is 2.32. The molecule has 1 aromatic heterocycles. The summed E-state index contributed by atoms with van der Waals surface area (Å²) in [6.45, 7) is 1.74. The number of carbonyl (C=O) groups is 2. The Bertz CT molecular complexity index is 1310. The van der Waals surface area contributed by atoms with Crippen LogP contribution in [-0.4, -0.2) is 32.4 Å². The van der Waals surface area contributed by atoms with Crippen LogP contribution < -0.4 is 16.6 Å². The van der Waals surface area contributed by atoms with Gasteiger partial charge in [-0.15, -0.1) is 0 Å². The van der Waals surface area contributed by atoms with E-state index in [0.29, 0.717) is 18.7 Å². The number of hydrogen-bond donors (Lipinski definition) is 3. The topological polar surface area (TPSA) is 143 Å². The molecule has 1 aliphatic heterocycles. The number of aryl methyl sites for hydroxylation is 1. The van der Waals surface area contributed by atoms with E-state index in [0.717, 1.165) is 16.0 Å². The van der Waals surface area contributed by atoms with Gasteiger partial charge < -0.3 is 10.5 Å². The Hall–Kier alpha value is -4.47. The Morgan fingerprint density at radius 1 is 1.14 bits per heavy atom. The van der Waals surface area contributed by atoms with Crippen LogP contribution in [0.15, 0.2) is 71.7 Å². The van der Waals surface area contributed by atoms with E-state index in [1.165, 1.54) is 10.8 Å². The van der Waals surface area contributed by atoms with Crippen LogP contribution in [0.4, 0.5) is 10.5 Å². The minimum Gasteiger partial charge on any atom is -0.444 e. The number of anilines is 1. The fraction of sp³-hybridized carbons (Fsp3) is 0.240. The number of fused-ring (bicyclic) bond motifs is 1. The van der Waals surface area contributed by atoms with Gasteiger partial charge in [-0.1, -0.05) is 60.7 Å². The van der Waals surface area contributed by atoms with E-state index in [-0.39, 0.29) is 18.8 Å². The van der Waals surface area contributed by atoms with Crippen molar-refractivity contribution in [2.24, 2.45) is 5.73 Å². The molecule has 4 N–H and O–H groups in total. The molecule has 35 heavy (non-hydrogen) atoms. The van der Waals surface area contributed by atoms with E-state index in [9.17, 15) is 14.4 Å². The van der Waals surface area contributed by atoms with Crippen LogP contribution >= 0.6 is 0 Å². The quantitative estimate of drug-likeness (QED) is 0.370. The second kappa shape index (κ2) is 9.80. The van der Waals surface area contributed by atoms with Gasteiger partial charge in [0.1, 0.15) is 23.7 Å². The van der Waals surface area contributed by atoms with E-state index in [4.69, 9.17) is 15.9 Å². The zero-order valence-corrected chi connectivity index (χ0v) is 19.2. The molecular weight excluding hydrogens is 448 g/mol. The van der Waals surface area contributed by atoms with Crippen LogP contribution in [0.25, 0.3) is 0 Å². The molecule has 1 aliphatic rings. The summed E-state index contributed by atoms with van der Waals surface area (Å²) in [5.41, 5.74) is 5.33. The third-order valence-electron chi connectivity index (χ3n) is 5.99. The number of carbonyl (C=O) groups excluding carboxylic acids is 2. The Morgan fingerprint density at radius 2 is 1.77 bits per heavy atom. The second-order valence-corrected chi connectivity index (χ2v) is 8.45. The molecule has 0 saturated carbocycles. The first kappa shape index (κ1) is 23.7. The van der Waals surface area contributed by atoms with E-state index < -0.39 is 29.1 Å². The highest BCUT2D eigenvalue weighted by Gasteiger charge is 2.45. The molecule has 2 amide bonds. The molecule has 4 rings (SSSR count). The third-order valence-corrected chi connectivity index (χ3v) is 5.99. The van der Waals surface area contributed by atoms with E-state index in [1.54, 1.807) is 6.92 Å². The van der Waals surface area contributed by atoms with Gasteiger partial charge in [0.25, 0.3) is 11.5 Å². The zero-order valence-electron chi connectivity index (χ0n) is 19.2. The molecule has 2 heterocycles. The van der Waals surface area contributed by atoms with E-state index >= 15 is 0 Å². The van der Waals surface area contributed by atoms with Crippen LogP contribution in [0.3, 0.4) is 0 Å². The molecular formula is C25H26N6O4. The minimum atomic E-state index is -1.33. The van der Waals surface area contributed by atoms with Crippen LogP contribution in [0.1, 0.15) is 30.3 Å². The maximum absolute atomic E-state index is 13.6. The zero-order chi connectivity index (χ0) is 25.0. The van der Waals surface area contributed by atoms with Crippen molar-refractivity contribution in [3.8, 4) is 0 Å². The Labute approximate surface area is 201 Å². The number of nitrogens with zero attached hydrogens (tertiary/aromatic N) is 3. The molecule has 0 radical (unpaired) electrons. The van der Waals surface area contributed by atoms with Crippen molar-refractivity contribution in [1.29, 1.82) is 5.41 Å². The summed E-state index contributed by atoms with van der Waals surface area (Å²) in [6, 6.07) is 18.3. The van der Waals surface area contributed by atoms with Gasteiger partial charge in [0.2, 0.25) is 0 Å². The highest BCUT2D eigenvalue weighted by molar-refractivity contribution is 5.98. The molecule has 1 atom stereocenters. The number of guanidine groups is 1. The Kier molecular flexibility index (Phi) is 6.63. The van der Waals surface area contributed by atoms with Crippen molar-refractivity contribution >= 4 is 23.6 Å². The lowest BCUT2D eigenvalue weighted by Gasteiger charge is -2.32. The van der Waals surface area contributed by atoms with Crippen molar-refractivity contribution in [2.45, 2.75) is 38.5 Å². The van der Waals surface area contributed by atoms with Crippen molar-refractivity contribution in [3.05, 3.63) is 94.2 Å². The predicted octanol–water partition coefficient (Wildman–Crippen LogP) is 2.58. The van der Waals surface area contributed by atoms with Crippen molar-refractivity contribution in [1.82, 2.24) is 14.5 Å². The van der Waals surface area contributed by atoms with E-state index in [2.05, 4.69) is 10.3 Å². The number of nitrogens with one attached hydrogen (secondary N) is 2. The van der Waals surface area contributed by atoms with Gasteiger partial charge in [-0.3, -0.25) is 29.8 Å². The summed E-state index contributed by atoms with van der Waals surface area (Å²) < 4.78 is 6.48. The van der Waals surface area contributed by atoms with Crippen LogP contribution in [0.2, 0.25) is 0 Å². The molecule has 180 valence electrons. The van der Waals surface area contributed by atoms with Gasteiger partial charge in [-0.2, -0.15) is 0 Å². The minimum absolute atomic E-state index is 0.0373. The first-order valence-corrected chi connectivity index (χ1v) is 11.1. The molecule has 0 bridgehead atoms. The second-order valence-electron chi connectivity index (χ2n) is 8.45. The van der Waals surface area contributed by atoms with Gasteiger partial charge in [0.15, 0.2) is 5.96 Å². The van der Waals surface area contributed by atoms with Gasteiger partial charge in [0, 0.05) is 6.42 Å². The third kappa shape index (κ3) is 4.91. The standard InChI is InChI=1S/C25H26N6O4/c1-25(22(33)30(23(26)27)15-17-8-4-2-5-9-17)13-12-20-28-14-19(21(32)31(20)25)29-24(34)35-16-18-10-6-3-7-11-18/h2-11,14H,12-13,15-16H2,1H3,(H3,26,27)(H,29,34). The maximum Gasteiger partial charge on any atom is 0.412 e. The van der Waals surface area contributed by atoms with Gasteiger partial charge in [-0.05, 0) is 24.5 Å². The Balaban J connectivity index is 1.56. The lowest BCUT2D eigenvalue weighted by Crippen LogP contribution is -2.53. The smallest absolute Gasteiger partial charge is 0.412 e. The van der Waals surface area contributed by atoms with Crippen LogP contribution in [0.5, 0.6) is 0 Å². The van der Waals surface area contributed by atoms with Crippen molar-refractivity contribution in [2.75, 3.05) is 5.32 Å². The number of nitrogens with two attached hydrogens (primary N) is 1. The fourth-order valence-corrected chi connectivity index (χ4v) is 4.12.